The monoisotopic (exact) mass is 299 g/mol. The normalized spacial score (nSPS) is 20.6. The molecule has 0 spiro atoms. The van der Waals surface area contributed by atoms with Gasteiger partial charge in [-0.05, 0) is 28.5 Å². The van der Waals surface area contributed by atoms with Gasteiger partial charge in [0.15, 0.2) is 0 Å². The molecule has 0 saturated carbocycles. The number of aromatic nitrogens is 1. The topological polar surface area (TPSA) is 37.4 Å². The second-order valence-corrected chi connectivity index (χ2v) is 4.91. The Morgan fingerprint density at radius 3 is 3.29 bits per heavy atom. The van der Waals surface area contributed by atoms with Crippen molar-refractivity contribution in [2.24, 2.45) is 0 Å². The molecule has 0 amide bonds. The zero-order chi connectivity index (χ0) is 12.1. The van der Waals surface area contributed by atoms with Gasteiger partial charge >= 0.3 is 0 Å². The molecule has 1 atom stereocenters. The van der Waals surface area contributed by atoms with Crippen LogP contribution in [0.5, 0.6) is 0 Å². The number of nitrogens with zero attached hydrogens (tertiary/aromatic N) is 2. The van der Waals surface area contributed by atoms with E-state index in [4.69, 9.17) is 4.74 Å². The molecule has 4 nitrogen and oxygen atoms in total. The predicted molar refractivity (Wildman–Crippen MR) is 72.4 cm³/mol. The molecule has 1 aliphatic rings. The second kappa shape index (κ2) is 6.33. The third-order valence-electron chi connectivity index (χ3n) is 2.92. The summed E-state index contributed by atoms with van der Waals surface area (Å²) in [5, 5.41) is 3.38. The third kappa shape index (κ3) is 3.18. The van der Waals surface area contributed by atoms with Crippen LogP contribution in [0.2, 0.25) is 0 Å². The van der Waals surface area contributed by atoms with Crippen LogP contribution in [0.4, 0.5) is 5.69 Å². The first-order valence-electron chi connectivity index (χ1n) is 5.97. The van der Waals surface area contributed by atoms with Crippen molar-refractivity contribution in [1.29, 1.82) is 0 Å². The lowest BCUT2D eigenvalue weighted by atomic mass is 10.2. The number of morpholine rings is 1. The van der Waals surface area contributed by atoms with Crippen molar-refractivity contribution in [2.45, 2.75) is 13.0 Å². The minimum Gasteiger partial charge on any atom is -0.377 e. The predicted octanol–water partition coefficient (Wildman–Crippen LogP) is 1.66. The molecule has 0 aromatic carbocycles. The Bertz CT molecular complexity index is 361. The first kappa shape index (κ1) is 12.8. The summed E-state index contributed by atoms with van der Waals surface area (Å²) in [7, 11) is 0. The van der Waals surface area contributed by atoms with Gasteiger partial charge in [0, 0.05) is 25.5 Å². The van der Waals surface area contributed by atoms with Crippen molar-refractivity contribution in [3.63, 3.8) is 0 Å². The maximum absolute atomic E-state index is 5.56. The molecule has 0 radical (unpaired) electrons. The summed E-state index contributed by atoms with van der Waals surface area (Å²) in [5.74, 6) is 0. The minimum absolute atomic E-state index is 0.391. The van der Waals surface area contributed by atoms with Crippen molar-refractivity contribution in [3.05, 3.63) is 22.9 Å². The van der Waals surface area contributed by atoms with Crippen LogP contribution in [0.3, 0.4) is 0 Å². The van der Waals surface area contributed by atoms with E-state index in [1.54, 1.807) is 0 Å². The third-order valence-corrected chi connectivity index (χ3v) is 3.53. The summed E-state index contributed by atoms with van der Waals surface area (Å²) >= 11 is 3.56. The zero-order valence-electron chi connectivity index (χ0n) is 10.0. The summed E-state index contributed by atoms with van der Waals surface area (Å²) in [6, 6.07) is 2.44. The first-order valence-corrected chi connectivity index (χ1v) is 6.77. The largest absolute Gasteiger partial charge is 0.377 e. The van der Waals surface area contributed by atoms with E-state index in [1.165, 1.54) is 5.69 Å². The fraction of sp³-hybridized carbons (Fsp3) is 0.583. The molecule has 17 heavy (non-hydrogen) atoms. The quantitative estimate of drug-likeness (QED) is 0.917. The summed E-state index contributed by atoms with van der Waals surface area (Å²) in [4.78, 5) is 6.49. The molecule has 2 heterocycles. The molecule has 1 N–H and O–H groups in total. The van der Waals surface area contributed by atoms with Crippen LogP contribution in [0.15, 0.2) is 22.9 Å². The van der Waals surface area contributed by atoms with Crippen molar-refractivity contribution in [3.8, 4) is 0 Å². The molecule has 1 aromatic heterocycles. The molecule has 1 saturated heterocycles. The molecule has 94 valence electrons. The number of nitrogens with one attached hydrogen (secondary N) is 1. The first-order chi connectivity index (χ1) is 8.33. The molecule has 1 unspecified atom stereocenters. The van der Waals surface area contributed by atoms with Crippen LogP contribution in [0, 0.1) is 0 Å². The van der Waals surface area contributed by atoms with E-state index in [9.17, 15) is 0 Å². The Balaban J connectivity index is 2.13. The van der Waals surface area contributed by atoms with E-state index >= 15 is 0 Å². The lowest BCUT2D eigenvalue weighted by Gasteiger charge is -2.37. The Labute approximate surface area is 110 Å². The summed E-state index contributed by atoms with van der Waals surface area (Å²) in [6.07, 6.45) is 3.68. The van der Waals surface area contributed by atoms with Gasteiger partial charge in [0.2, 0.25) is 0 Å². The number of likely N-dealkylation sites (N-methyl/N-ethyl adjacent to an activating group) is 1. The molecule has 1 fully saturated rings. The number of hydrogen-bond acceptors (Lipinski definition) is 4. The number of ether oxygens (including phenoxy) is 1. The Kier molecular flexibility index (Phi) is 4.76. The highest BCUT2D eigenvalue weighted by molar-refractivity contribution is 9.10. The molecular formula is C12H18BrN3O. The maximum atomic E-state index is 5.56. The number of anilines is 1. The van der Waals surface area contributed by atoms with Crippen LogP contribution in [-0.2, 0) is 4.74 Å². The van der Waals surface area contributed by atoms with E-state index < -0.39 is 0 Å². The summed E-state index contributed by atoms with van der Waals surface area (Å²) in [5.41, 5.74) is 1.20. The summed E-state index contributed by atoms with van der Waals surface area (Å²) in [6.45, 7) is 6.56. The number of rotatable bonds is 4. The van der Waals surface area contributed by atoms with Gasteiger partial charge < -0.3 is 15.0 Å². The van der Waals surface area contributed by atoms with Crippen molar-refractivity contribution < 1.29 is 4.74 Å². The fourth-order valence-corrected chi connectivity index (χ4v) is 2.53. The van der Waals surface area contributed by atoms with Gasteiger partial charge in [-0.2, -0.15) is 0 Å². The van der Waals surface area contributed by atoms with E-state index in [0.29, 0.717) is 6.04 Å². The number of halogens is 1. The van der Waals surface area contributed by atoms with E-state index in [0.717, 1.165) is 37.3 Å². The van der Waals surface area contributed by atoms with Gasteiger partial charge in [0.25, 0.3) is 0 Å². The SMILES string of the molecule is CCNCC1COCCN1c1ccncc1Br. The van der Waals surface area contributed by atoms with Crippen molar-refractivity contribution in [1.82, 2.24) is 10.3 Å². The second-order valence-electron chi connectivity index (χ2n) is 4.06. The average Bonchev–Trinajstić information content (AvgIpc) is 2.37. The van der Waals surface area contributed by atoms with E-state index in [-0.39, 0.29) is 0 Å². The van der Waals surface area contributed by atoms with E-state index in [2.05, 4.69) is 38.1 Å². The number of pyridine rings is 1. The molecule has 1 aliphatic heterocycles. The van der Waals surface area contributed by atoms with Crippen molar-refractivity contribution >= 4 is 21.6 Å². The van der Waals surface area contributed by atoms with Crippen molar-refractivity contribution in [2.75, 3.05) is 37.7 Å². The molecule has 5 heteroatoms. The van der Waals surface area contributed by atoms with Crippen LogP contribution >= 0.6 is 15.9 Å². The average molecular weight is 300 g/mol. The standard InChI is InChI=1S/C12H18BrN3O/c1-2-14-7-10-9-17-6-5-16(10)12-3-4-15-8-11(12)13/h3-4,8,10,14H,2,5-7,9H2,1H3. The fourth-order valence-electron chi connectivity index (χ4n) is 2.05. The smallest absolute Gasteiger partial charge is 0.0683 e. The lowest BCUT2D eigenvalue weighted by Crippen LogP contribution is -2.50. The van der Waals surface area contributed by atoms with Crippen LogP contribution in [0.1, 0.15) is 6.92 Å². The molecule has 1 aromatic rings. The van der Waals surface area contributed by atoms with Crippen LogP contribution in [-0.4, -0.2) is 43.9 Å². The van der Waals surface area contributed by atoms with Gasteiger partial charge in [-0.3, -0.25) is 4.98 Å². The highest BCUT2D eigenvalue weighted by atomic mass is 79.9. The molecular weight excluding hydrogens is 282 g/mol. The Morgan fingerprint density at radius 1 is 1.65 bits per heavy atom. The molecule has 0 bridgehead atoms. The summed E-state index contributed by atoms with van der Waals surface area (Å²) < 4.78 is 6.60. The van der Waals surface area contributed by atoms with Gasteiger partial charge in [0.1, 0.15) is 0 Å². The van der Waals surface area contributed by atoms with Gasteiger partial charge in [0.05, 0.1) is 29.4 Å². The highest BCUT2D eigenvalue weighted by Gasteiger charge is 2.24. The minimum atomic E-state index is 0.391. The van der Waals surface area contributed by atoms with Gasteiger partial charge in [-0.1, -0.05) is 6.92 Å². The van der Waals surface area contributed by atoms with E-state index in [1.807, 2.05) is 18.5 Å². The molecule has 0 aliphatic carbocycles. The Morgan fingerprint density at radius 2 is 2.53 bits per heavy atom. The van der Waals surface area contributed by atoms with Crippen LogP contribution in [0.25, 0.3) is 0 Å². The van der Waals surface area contributed by atoms with Gasteiger partial charge in [-0.15, -0.1) is 0 Å². The zero-order valence-corrected chi connectivity index (χ0v) is 11.6. The van der Waals surface area contributed by atoms with Crippen LogP contribution < -0.4 is 10.2 Å². The highest BCUT2D eigenvalue weighted by Crippen LogP contribution is 2.27. The van der Waals surface area contributed by atoms with Gasteiger partial charge in [-0.25, -0.2) is 0 Å². The molecule has 2 rings (SSSR count). The maximum Gasteiger partial charge on any atom is 0.0683 e. The Hall–Kier alpha value is -0.650. The lowest BCUT2D eigenvalue weighted by molar-refractivity contribution is 0.0938. The number of hydrogen-bond donors (Lipinski definition) is 1.